The molecule has 22 heavy (non-hydrogen) atoms. The van der Waals surface area contributed by atoms with E-state index in [1.165, 1.54) is 13.2 Å². The molecule has 116 valence electrons. The van der Waals surface area contributed by atoms with Gasteiger partial charge in [0.05, 0.1) is 7.11 Å². The van der Waals surface area contributed by atoms with E-state index in [1.54, 1.807) is 32.0 Å². The molecule has 6 nitrogen and oxygen atoms in total. The van der Waals surface area contributed by atoms with Crippen LogP contribution in [0, 0.1) is 19.7 Å². The van der Waals surface area contributed by atoms with Crippen molar-refractivity contribution in [3.63, 3.8) is 0 Å². The Morgan fingerprint density at radius 3 is 2.73 bits per heavy atom. The highest BCUT2D eigenvalue weighted by Gasteiger charge is 2.07. The highest BCUT2D eigenvalue weighted by molar-refractivity contribution is 5.70. The second-order valence-electron chi connectivity index (χ2n) is 4.62. The Kier molecular flexibility index (Phi) is 4.88. The second kappa shape index (κ2) is 6.84. The van der Waals surface area contributed by atoms with Crippen LogP contribution in [0.2, 0.25) is 0 Å². The quantitative estimate of drug-likeness (QED) is 0.856. The summed E-state index contributed by atoms with van der Waals surface area (Å²) >= 11 is 0. The van der Waals surface area contributed by atoms with Gasteiger partial charge in [-0.25, -0.2) is 14.2 Å². The van der Waals surface area contributed by atoms with E-state index in [1.807, 2.05) is 0 Å². The summed E-state index contributed by atoms with van der Waals surface area (Å²) in [5.41, 5.74) is 1.83. The summed E-state index contributed by atoms with van der Waals surface area (Å²) in [6, 6.07) is 6.20. The number of carbonyl (C=O) groups is 1. The van der Waals surface area contributed by atoms with Crippen molar-refractivity contribution in [3.05, 3.63) is 41.3 Å². The van der Waals surface area contributed by atoms with Crippen molar-refractivity contribution in [2.75, 3.05) is 19.0 Å². The zero-order valence-electron chi connectivity index (χ0n) is 12.5. The van der Waals surface area contributed by atoms with Gasteiger partial charge in [-0.05, 0) is 37.6 Å². The minimum atomic E-state index is -0.500. The standard InChI is InChI=1S/C15H16FN3O3/c1-9-6-11(4-5-12(9)16)18-15-17-10(2)7-13(19-15)22-8-14(20)21-3/h4-7H,8H2,1-3H3,(H,17,18,19). The van der Waals surface area contributed by atoms with Crippen LogP contribution in [0.3, 0.4) is 0 Å². The molecule has 0 saturated carbocycles. The molecule has 1 aromatic heterocycles. The van der Waals surface area contributed by atoms with Crippen molar-refractivity contribution in [2.24, 2.45) is 0 Å². The van der Waals surface area contributed by atoms with Crippen LogP contribution in [0.5, 0.6) is 5.88 Å². The topological polar surface area (TPSA) is 73.3 Å². The first-order chi connectivity index (χ1) is 10.5. The predicted octanol–water partition coefficient (Wildman–Crippen LogP) is 2.53. The lowest BCUT2D eigenvalue weighted by molar-refractivity contribution is -0.143. The summed E-state index contributed by atoms with van der Waals surface area (Å²) in [4.78, 5) is 19.4. The van der Waals surface area contributed by atoms with Crippen molar-refractivity contribution < 1.29 is 18.7 Å². The molecule has 7 heteroatoms. The molecule has 0 aliphatic heterocycles. The molecule has 0 aliphatic carbocycles. The Labute approximate surface area is 127 Å². The van der Waals surface area contributed by atoms with Gasteiger partial charge in [-0.2, -0.15) is 4.98 Å². The zero-order chi connectivity index (χ0) is 16.1. The van der Waals surface area contributed by atoms with E-state index in [0.29, 0.717) is 22.9 Å². The lowest BCUT2D eigenvalue weighted by atomic mass is 10.2. The monoisotopic (exact) mass is 305 g/mol. The first-order valence-corrected chi connectivity index (χ1v) is 6.56. The molecule has 0 atom stereocenters. The van der Waals surface area contributed by atoms with Gasteiger partial charge in [-0.1, -0.05) is 0 Å². The number of halogens is 1. The van der Waals surface area contributed by atoms with E-state index in [-0.39, 0.29) is 18.3 Å². The number of hydrogen-bond donors (Lipinski definition) is 1. The third-order valence-corrected chi connectivity index (χ3v) is 2.81. The van der Waals surface area contributed by atoms with Crippen LogP contribution in [0.25, 0.3) is 0 Å². The molecule has 1 aromatic carbocycles. The van der Waals surface area contributed by atoms with Gasteiger partial charge in [0.15, 0.2) is 6.61 Å². The summed E-state index contributed by atoms with van der Waals surface area (Å²) in [5.74, 6) is -0.233. The smallest absolute Gasteiger partial charge is 0.343 e. The van der Waals surface area contributed by atoms with Crippen LogP contribution in [0.15, 0.2) is 24.3 Å². The molecule has 1 heterocycles. The van der Waals surface area contributed by atoms with E-state index >= 15 is 0 Å². The summed E-state index contributed by atoms with van der Waals surface area (Å²) < 4.78 is 23.0. The maximum absolute atomic E-state index is 13.3. The number of nitrogens with one attached hydrogen (secondary N) is 1. The lowest BCUT2D eigenvalue weighted by Gasteiger charge is -2.09. The van der Waals surface area contributed by atoms with Crippen LogP contribution < -0.4 is 10.1 Å². The number of esters is 1. The van der Waals surface area contributed by atoms with E-state index in [2.05, 4.69) is 20.0 Å². The molecule has 0 fully saturated rings. The average Bonchev–Trinajstić information content (AvgIpc) is 2.48. The highest BCUT2D eigenvalue weighted by Crippen LogP contribution is 2.19. The molecule has 0 saturated heterocycles. The molecule has 2 rings (SSSR count). The molecule has 2 aromatic rings. The van der Waals surface area contributed by atoms with Gasteiger partial charge < -0.3 is 14.8 Å². The molecule has 0 amide bonds. The number of carbonyl (C=O) groups excluding carboxylic acids is 1. The van der Waals surface area contributed by atoms with E-state index in [4.69, 9.17) is 4.74 Å². The Morgan fingerprint density at radius 1 is 1.27 bits per heavy atom. The Balaban J connectivity index is 2.15. The fourth-order valence-corrected chi connectivity index (χ4v) is 1.71. The number of aromatic nitrogens is 2. The van der Waals surface area contributed by atoms with Crippen molar-refractivity contribution >= 4 is 17.6 Å². The van der Waals surface area contributed by atoms with Crippen LogP contribution in [0.4, 0.5) is 16.0 Å². The third kappa shape index (κ3) is 4.15. The van der Waals surface area contributed by atoms with Gasteiger partial charge in [-0.15, -0.1) is 0 Å². The molecular formula is C15H16FN3O3. The predicted molar refractivity (Wildman–Crippen MR) is 78.7 cm³/mol. The minimum Gasteiger partial charge on any atom is -0.466 e. The summed E-state index contributed by atoms with van der Waals surface area (Å²) in [6.45, 7) is 3.21. The van der Waals surface area contributed by atoms with Gasteiger partial charge in [0.25, 0.3) is 0 Å². The number of benzene rings is 1. The largest absolute Gasteiger partial charge is 0.466 e. The van der Waals surface area contributed by atoms with Crippen molar-refractivity contribution in [2.45, 2.75) is 13.8 Å². The Bertz CT molecular complexity index is 692. The number of nitrogens with zero attached hydrogens (tertiary/aromatic N) is 2. The van der Waals surface area contributed by atoms with E-state index < -0.39 is 5.97 Å². The first kappa shape index (κ1) is 15.7. The van der Waals surface area contributed by atoms with Gasteiger partial charge in [0, 0.05) is 17.4 Å². The fourth-order valence-electron chi connectivity index (χ4n) is 1.71. The van der Waals surface area contributed by atoms with Gasteiger partial charge in [0.1, 0.15) is 5.82 Å². The Morgan fingerprint density at radius 2 is 2.05 bits per heavy atom. The van der Waals surface area contributed by atoms with Crippen LogP contribution >= 0.6 is 0 Å². The number of anilines is 2. The molecular weight excluding hydrogens is 289 g/mol. The second-order valence-corrected chi connectivity index (χ2v) is 4.62. The molecule has 0 bridgehead atoms. The van der Waals surface area contributed by atoms with Crippen molar-refractivity contribution in [1.29, 1.82) is 0 Å². The maximum Gasteiger partial charge on any atom is 0.343 e. The lowest BCUT2D eigenvalue weighted by Crippen LogP contribution is -2.13. The molecule has 0 aliphatic rings. The third-order valence-electron chi connectivity index (χ3n) is 2.81. The van der Waals surface area contributed by atoms with Gasteiger partial charge in [-0.3, -0.25) is 0 Å². The van der Waals surface area contributed by atoms with Crippen LogP contribution in [-0.4, -0.2) is 29.7 Å². The molecule has 1 N–H and O–H groups in total. The van der Waals surface area contributed by atoms with Crippen molar-refractivity contribution in [3.8, 4) is 5.88 Å². The molecule has 0 unspecified atom stereocenters. The summed E-state index contributed by atoms with van der Waals surface area (Å²) in [5, 5.41) is 2.97. The number of aryl methyl sites for hydroxylation is 2. The highest BCUT2D eigenvalue weighted by atomic mass is 19.1. The van der Waals surface area contributed by atoms with Gasteiger partial charge >= 0.3 is 5.97 Å². The van der Waals surface area contributed by atoms with Gasteiger partial charge in [0.2, 0.25) is 11.8 Å². The van der Waals surface area contributed by atoms with E-state index in [9.17, 15) is 9.18 Å². The van der Waals surface area contributed by atoms with Crippen molar-refractivity contribution in [1.82, 2.24) is 9.97 Å². The van der Waals surface area contributed by atoms with Crippen LogP contribution in [-0.2, 0) is 9.53 Å². The average molecular weight is 305 g/mol. The zero-order valence-corrected chi connectivity index (χ0v) is 12.5. The minimum absolute atomic E-state index is 0.234. The molecule has 0 radical (unpaired) electrons. The summed E-state index contributed by atoms with van der Waals surface area (Å²) in [7, 11) is 1.28. The van der Waals surface area contributed by atoms with Crippen LogP contribution in [0.1, 0.15) is 11.3 Å². The first-order valence-electron chi connectivity index (χ1n) is 6.56. The number of ether oxygens (including phenoxy) is 2. The fraction of sp³-hybridized carbons (Fsp3) is 0.267. The summed E-state index contributed by atoms with van der Waals surface area (Å²) in [6.07, 6.45) is 0. The number of methoxy groups -OCH3 is 1. The number of rotatable bonds is 5. The normalized spacial score (nSPS) is 10.2. The maximum atomic E-state index is 13.3. The SMILES string of the molecule is COC(=O)COc1cc(C)nc(Nc2ccc(F)c(C)c2)n1. The van der Waals surface area contributed by atoms with E-state index in [0.717, 1.165) is 0 Å². The molecule has 0 spiro atoms. The Hall–Kier alpha value is -2.70. The number of hydrogen-bond acceptors (Lipinski definition) is 6.